The maximum absolute atomic E-state index is 13.1. The standard InChI is InChI=1S/C26H35N3O3S/c1-19-16-20(2)18-29(17-19)33(31,32)24-10-8-23(9-11-24)26(30)28-14-12-27(13-15-28)25-7-5-6-21(3)22(25)4/h5-11,19-20H,12-18H2,1-4H3. The number of piperidine rings is 1. The number of nitrogens with zero attached hydrogens (tertiary/aromatic N) is 3. The molecule has 2 saturated heterocycles. The van der Waals surface area contributed by atoms with Gasteiger partial charge in [0, 0.05) is 50.5 Å². The largest absolute Gasteiger partial charge is 0.368 e. The molecule has 0 spiro atoms. The number of rotatable bonds is 4. The molecular formula is C26H35N3O3S. The highest BCUT2D eigenvalue weighted by Crippen LogP contribution is 2.27. The number of amides is 1. The van der Waals surface area contributed by atoms with Crippen LogP contribution in [0.15, 0.2) is 47.4 Å². The van der Waals surface area contributed by atoms with E-state index in [1.54, 1.807) is 28.6 Å². The first-order valence-electron chi connectivity index (χ1n) is 11.9. The molecule has 0 bridgehead atoms. The summed E-state index contributed by atoms with van der Waals surface area (Å²) >= 11 is 0. The molecule has 0 aromatic heterocycles. The lowest BCUT2D eigenvalue weighted by Crippen LogP contribution is -2.49. The molecule has 0 N–H and O–H groups in total. The van der Waals surface area contributed by atoms with E-state index in [0.29, 0.717) is 43.6 Å². The summed E-state index contributed by atoms with van der Waals surface area (Å²) < 4.78 is 27.8. The zero-order chi connectivity index (χ0) is 23.8. The van der Waals surface area contributed by atoms with Gasteiger partial charge in [0.1, 0.15) is 0 Å². The number of hydrogen-bond donors (Lipinski definition) is 0. The van der Waals surface area contributed by atoms with Crippen LogP contribution in [-0.2, 0) is 10.0 Å². The zero-order valence-corrected chi connectivity index (χ0v) is 20.9. The number of anilines is 1. The van der Waals surface area contributed by atoms with Gasteiger partial charge in [-0.2, -0.15) is 4.31 Å². The van der Waals surface area contributed by atoms with E-state index in [1.807, 2.05) is 4.90 Å². The molecule has 6 nitrogen and oxygen atoms in total. The Morgan fingerprint density at radius 3 is 2.09 bits per heavy atom. The number of hydrogen-bond acceptors (Lipinski definition) is 4. The maximum atomic E-state index is 13.1. The van der Waals surface area contributed by atoms with E-state index in [0.717, 1.165) is 19.5 Å². The molecule has 2 aromatic carbocycles. The SMILES string of the molecule is Cc1cccc(N2CCN(C(=O)c3ccc(S(=O)(=O)N4CC(C)CC(C)C4)cc3)CC2)c1C. The van der Waals surface area contributed by atoms with Crippen molar-refractivity contribution < 1.29 is 13.2 Å². The van der Waals surface area contributed by atoms with Crippen molar-refractivity contribution in [2.75, 3.05) is 44.2 Å². The van der Waals surface area contributed by atoms with Crippen molar-refractivity contribution in [1.82, 2.24) is 9.21 Å². The summed E-state index contributed by atoms with van der Waals surface area (Å²) in [5, 5.41) is 0. The van der Waals surface area contributed by atoms with Crippen molar-refractivity contribution in [2.24, 2.45) is 11.8 Å². The lowest BCUT2D eigenvalue weighted by Gasteiger charge is -2.37. The predicted molar refractivity (Wildman–Crippen MR) is 132 cm³/mol. The lowest BCUT2D eigenvalue weighted by atomic mass is 9.94. The van der Waals surface area contributed by atoms with Crippen molar-refractivity contribution in [3.05, 3.63) is 59.2 Å². The zero-order valence-electron chi connectivity index (χ0n) is 20.1. The highest BCUT2D eigenvalue weighted by Gasteiger charge is 2.32. The third kappa shape index (κ3) is 4.94. The van der Waals surface area contributed by atoms with Gasteiger partial charge in [0.15, 0.2) is 0 Å². The average molecular weight is 470 g/mol. The fourth-order valence-corrected chi connectivity index (χ4v) is 6.81. The van der Waals surface area contributed by atoms with Crippen LogP contribution in [0.3, 0.4) is 0 Å². The van der Waals surface area contributed by atoms with Crippen molar-refractivity contribution in [3.63, 3.8) is 0 Å². The molecule has 0 aliphatic carbocycles. The smallest absolute Gasteiger partial charge is 0.253 e. The van der Waals surface area contributed by atoms with E-state index in [2.05, 4.69) is 50.8 Å². The summed E-state index contributed by atoms with van der Waals surface area (Å²) in [6.45, 7) is 12.4. The van der Waals surface area contributed by atoms with E-state index in [1.165, 1.54) is 16.8 Å². The van der Waals surface area contributed by atoms with Crippen LogP contribution in [-0.4, -0.2) is 62.8 Å². The van der Waals surface area contributed by atoms with Crippen LogP contribution in [0, 0.1) is 25.7 Å². The second-order valence-corrected chi connectivity index (χ2v) is 11.7. The number of benzene rings is 2. The molecule has 4 rings (SSSR count). The van der Waals surface area contributed by atoms with Gasteiger partial charge in [0.2, 0.25) is 10.0 Å². The second kappa shape index (κ2) is 9.47. The van der Waals surface area contributed by atoms with E-state index < -0.39 is 10.0 Å². The summed E-state index contributed by atoms with van der Waals surface area (Å²) in [7, 11) is -3.54. The van der Waals surface area contributed by atoms with Crippen molar-refractivity contribution in [2.45, 2.75) is 39.0 Å². The summed E-state index contributed by atoms with van der Waals surface area (Å²) in [6, 6.07) is 12.8. The molecule has 2 unspecified atom stereocenters. The fraction of sp³-hybridized carbons (Fsp3) is 0.500. The van der Waals surface area contributed by atoms with E-state index in [9.17, 15) is 13.2 Å². The monoisotopic (exact) mass is 469 g/mol. The van der Waals surface area contributed by atoms with Gasteiger partial charge in [0.25, 0.3) is 5.91 Å². The Balaban J connectivity index is 1.41. The van der Waals surface area contributed by atoms with Gasteiger partial charge in [-0.3, -0.25) is 4.79 Å². The minimum Gasteiger partial charge on any atom is -0.368 e. The van der Waals surface area contributed by atoms with E-state index in [-0.39, 0.29) is 10.8 Å². The minimum absolute atomic E-state index is 0.0419. The molecule has 33 heavy (non-hydrogen) atoms. The normalized spacial score (nSPS) is 22.4. The Morgan fingerprint density at radius 1 is 0.879 bits per heavy atom. The van der Waals surface area contributed by atoms with Gasteiger partial charge in [-0.1, -0.05) is 26.0 Å². The number of carbonyl (C=O) groups is 1. The Labute approximate surface area is 198 Å². The molecule has 2 fully saturated rings. The molecule has 0 radical (unpaired) electrons. The molecule has 2 aromatic rings. The van der Waals surface area contributed by atoms with Gasteiger partial charge in [-0.15, -0.1) is 0 Å². The first kappa shape index (κ1) is 23.8. The molecule has 2 atom stereocenters. The first-order valence-corrected chi connectivity index (χ1v) is 13.3. The molecule has 0 saturated carbocycles. The maximum Gasteiger partial charge on any atom is 0.253 e. The van der Waals surface area contributed by atoms with Crippen LogP contribution in [0.2, 0.25) is 0 Å². The van der Waals surface area contributed by atoms with Crippen molar-refractivity contribution in [1.29, 1.82) is 0 Å². The number of piperazine rings is 1. The van der Waals surface area contributed by atoms with Gasteiger partial charge in [0.05, 0.1) is 4.90 Å². The topological polar surface area (TPSA) is 60.9 Å². The van der Waals surface area contributed by atoms with Crippen LogP contribution < -0.4 is 4.90 Å². The van der Waals surface area contributed by atoms with E-state index in [4.69, 9.17) is 0 Å². The van der Waals surface area contributed by atoms with Gasteiger partial charge in [-0.05, 0) is 73.6 Å². The van der Waals surface area contributed by atoms with Crippen molar-refractivity contribution in [3.8, 4) is 0 Å². The Morgan fingerprint density at radius 2 is 1.48 bits per heavy atom. The summed E-state index contributed by atoms with van der Waals surface area (Å²) in [4.78, 5) is 17.5. The van der Waals surface area contributed by atoms with Crippen LogP contribution in [0.5, 0.6) is 0 Å². The lowest BCUT2D eigenvalue weighted by molar-refractivity contribution is 0.0746. The Kier molecular flexibility index (Phi) is 6.82. The first-order chi connectivity index (χ1) is 15.7. The van der Waals surface area contributed by atoms with Gasteiger partial charge >= 0.3 is 0 Å². The molecule has 2 aliphatic rings. The summed E-state index contributed by atoms with van der Waals surface area (Å²) in [5.41, 5.74) is 4.33. The molecule has 7 heteroatoms. The minimum atomic E-state index is -3.54. The highest BCUT2D eigenvalue weighted by molar-refractivity contribution is 7.89. The van der Waals surface area contributed by atoms with Gasteiger partial charge in [-0.25, -0.2) is 8.42 Å². The molecule has 1 amide bonds. The third-order valence-electron chi connectivity index (χ3n) is 7.06. The fourth-order valence-electron chi connectivity index (χ4n) is 5.13. The summed E-state index contributed by atoms with van der Waals surface area (Å²) in [5.74, 6) is 0.665. The molecule has 2 aliphatic heterocycles. The Bertz CT molecular complexity index is 1100. The Hall–Kier alpha value is -2.38. The van der Waals surface area contributed by atoms with Crippen LogP contribution in [0.4, 0.5) is 5.69 Å². The van der Waals surface area contributed by atoms with Crippen LogP contribution >= 0.6 is 0 Å². The quantitative estimate of drug-likeness (QED) is 0.681. The number of sulfonamides is 1. The third-order valence-corrected chi connectivity index (χ3v) is 8.90. The van der Waals surface area contributed by atoms with Gasteiger partial charge < -0.3 is 9.80 Å². The van der Waals surface area contributed by atoms with Crippen LogP contribution in [0.25, 0.3) is 0 Å². The second-order valence-electron chi connectivity index (χ2n) is 9.79. The van der Waals surface area contributed by atoms with Crippen molar-refractivity contribution >= 4 is 21.6 Å². The molecule has 178 valence electrons. The number of carbonyl (C=O) groups excluding carboxylic acids is 1. The average Bonchev–Trinajstić information content (AvgIpc) is 2.80. The highest BCUT2D eigenvalue weighted by atomic mass is 32.2. The summed E-state index contributed by atoms with van der Waals surface area (Å²) in [6.07, 6.45) is 1.05. The van der Waals surface area contributed by atoms with E-state index >= 15 is 0 Å². The predicted octanol–water partition coefficient (Wildman–Crippen LogP) is 3.93. The number of aryl methyl sites for hydroxylation is 1. The van der Waals surface area contributed by atoms with Crippen LogP contribution in [0.1, 0.15) is 41.8 Å². The molecule has 2 heterocycles. The molecular weight excluding hydrogens is 434 g/mol.